The Morgan fingerprint density at radius 2 is 1.57 bits per heavy atom. The lowest BCUT2D eigenvalue weighted by Gasteiger charge is -2.28. The van der Waals surface area contributed by atoms with Gasteiger partial charge in [-0.05, 0) is 69.0 Å². The molecule has 4 rings (SSSR count). The monoisotopic (exact) mass is 373 g/mol. The molecule has 1 aliphatic heterocycles. The number of piperidine rings is 1. The lowest BCUT2D eigenvalue weighted by molar-refractivity contribution is 0.578. The molecule has 5 nitrogen and oxygen atoms in total. The van der Waals surface area contributed by atoms with Crippen molar-refractivity contribution >= 4 is 28.8 Å². The normalized spacial score (nSPS) is 14.0. The van der Waals surface area contributed by atoms with Crippen LogP contribution in [0, 0.1) is 13.8 Å². The van der Waals surface area contributed by atoms with E-state index in [2.05, 4.69) is 62.8 Å². The minimum Gasteiger partial charge on any atom is -0.372 e. The first-order chi connectivity index (χ1) is 13.7. The summed E-state index contributed by atoms with van der Waals surface area (Å²) in [6.45, 7) is 6.37. The van der Waals surface area contributed by atoms with Crippen LogP contribution in [0.15, 0.2) is 54.6 Å². The van der Waals surface area contributed by atoms with Gasteiger partial charge in [-0.3, -0.25) is 0 Å². The van der Waals surface area contributed by atoms with E-state index >= 15 is 0 Å². The lowest BCUT2D eigenvalue weighted by atomic mass is 10.1. The third-order valence-electron chi connectivity index (χ3n) is 5.11. The maximum atomic E-state index is 4.63. The smallest absolute Gasteiger partial charge is 0.229 e. The number of aryl methyl sites for hydroxylation is 2. The van der Waals surface area contributed by atoms with Gasteiger partial charge in [0.25, 0.3) is 0 Å². The van der Waals surface area contributed by atoms with E-state index in [0.29, 0.717) is 5.95 Å². The minimum atomic E-state index is 0.599. The Kier molecular flexibility index (Phi) is 5.42. The van der Waals surface area contributed by atoms with Crippen molar-refractivity contribution in [1.29, 1.82) is 0 Å². The number of nitrogens with one attached hydrogen (secondary N) is 2. The summed E-state index contributed by atoms with van der Waals surface area (Å²) in [4.78, 5) is 11.6. The molecule has 0 unspecified atom stereocenters. The van der Waals surface area contributed by atoms with Gasteiger partial charge in [-0.15, -0.1) is 0 Å². The van der Waals surface area contributed by atoms with Crippen molar-refractivity contribution in [3.05, 3.63) is 65.9 Å². The van der Waals surface area contributed by atoms with E-state index in [0.717, 1.165) is 41.5 Å². The molecule has 1 saturated heterocycles. The van der Waals surface area contributed by atoms with Crippen LogP contribution in [0.2, 0.25) is 0 Å². The number of aromatic nitrogens is 2. The van der Waals surface area contributed by atoms with E-state index in [4.69, 9.17) is 0 Å². The number of hydrogen-bond donors (Lipinski definition) is 2. The van der Waals surface area contributed by atoms with Gasteiger partial charge in [0.15, 0.2) is 0 Å². The zero-order valence-electron chi connectivity index (χ0n) is 16.6. The van der Waals surface area contributed by atoms with Crippen LogP contribution in [-0.2, 0) is 0 Å². The second kappa shape index (κ2) is 8.30. The van der Waals surface area contributed by atoms with Crippen molar-refractivity contribution in [3.8, 4) is 0 Å². The summed E-state index contributed by atoms with van der Waals surface area (Å²) in [5, 5.41) is 6.73. The number of rotatable bonds is 5. The topological polar surface area (TPSA) is 53.1 Å². The van der Waals surface area contributed by atoms with Gasteiger partial charge in [0.05, 0.1) is 0 Å². The molecule has 1 fully saturated rings. The molecule has 2 N–H and O–H groups in total. The SMILES string of the molecule is Cc1cc(Nc2ccc(N3CCCCC3)cc2)nc(Nc2ccccc2C)n1. The fourth-order valence-corrected chi connectivity index (χ4v) is 3.58. The molecule has 144 valence electrons. The maximum Gasteiger partial charge on any atom is 0.229 e. The molecule has 0 radical (unpaired) electrons. The van der Waals surface area contributed by atoms with Crippen LogP contribution in [0.25, 0.3) is 0 Å². The summed E-state index contributed by atoms with van der Waals surface area (Å²) in [5.41, 5.74) is 5.42. The highest BCUT2D eigenvalue weighted by Crippen LogP contribution is 2.24. The third-order valence-corrected chi connectivity index (χ3v) is 5.11. The zero-order valence-corrected chi connectivity index (χ0v) is 16.6. The predicted molar refractivity (Wildman–Crippen MR) is 117 cm³/mol. The van der Waals surface area contributed by atoms with Crippen molar-refractivity contribution in [1.82, 2.24) is 9.97 Å². The summed E-state index contributed by atoms with van der Waals surface area (Å²) >= 11 is 0. The van der Waals surface area contributed by atoms with E-state index in [1.807, 2.05) is 31.2 Å². The van der Waals surface area contributed by atoms with Crippen LogP contribution in [-0.4, -0.2) is 23.1 Å². The van der Waals surface area contributed by atoms with Gasteiger partial charge in [0, 0.05) is 41.9 Å². The van der Waals surface area contributed by atoms with Crippen molar-refractivity contribution in [2.45, 2.75) is 33.1 Å². The number of hydrogen-bond acceptors (Lipinski definition) is 5. The minimum absolute atomic E-state index is 0.599. The zero-order chi connectivity index (χ0) is 19.3. The maximum absolute atomic E-state index is 4.63. The number of benzene rings is 2. The molecule has 0 aliphatic carbocycles. The van der Waals surface area contributed by atoms with Gasteiger partial charge >= 0.3 is 0 Å². The highest BCUT2D eigenvalue weighted by atomic mass is 15.1. The molecular weight excluding hydrogens is 346 g/mol. The molecular formula is C23H27N5. The average molecular weight is 374 g/mol. The molecule has 0 atom stereocenters. The van der Waals surface area contributed by atoms with Gasteiger partial charge in [-0.25, -0.2) is 4.98 Å². The van der Waals surface area contributed by atoms with Crippen LogP contribution >= 0.6 is 0 Å². The van der Waals surface area contributed by atoms with Crippen LogP contribution in [0.5, 0.6) is 0 Å². The summed E-state index contributed by atoms with van der Waals surface area (Å²) in [5.74, 6) is 1.39. The van der Waals surface area contributed by atoms with E-state index in [1.54, 1.807) is 0 Å². The van der Waals surface area contributed by atoms with Crippen molar-refractivity contribution in [3.63, 3.8) is 0 Å². The van der Waals surface area contributed by atoms with Crippen LogP contribution < -0.4 is 15.5 Å². The Balaban J connectivity index is 1.48. The summed E-state index contributed by atoms with van der Waals surface area (Å²) < 4.78 is 0. The summed E-state index contributed by atoms with van der Waals surface area (Å²) in [6.07, 6.45) is 3.93. The van der Waals surface area contributed by atoms with Crippen molar-refractivity contribution in [2.75, 3.05) is 28.6 Å². The van der Waals surface area contributed by atoms with Crippen molar-refractivity contribution < 1.29 is 0 Å². The quantitative estimate of drug-likeness (QED) is 0.612. The standard InChI is InChI=1S/C23H27N5/c1-17-8-4-5-9-21(17)26-23-24-18(2)16-22(27-23)25-19-10-12-20(13-11-19)28-14-6-3-7-15-28/h4-5,8-13,16H,3,6-7,14-15H2,1-2H3,(H2,24,25,26,27). The highest BCUT2D eigenvalue weighted by molar-refractivity contribution is 5.63. The second-order valence-corrected chi connectivity index (χ2v) is 7.38. The number of anilines is 5. The van der Waals surface area contributed by atoms with Crippen LogP contribution in [0.1, 0.15) is 30.5 Å². The molecule has 5 heteroatoms. The van der Waals surface area contributed by atoms with Gasteiger partial charge < -0.3 is 15.5 Å². The first kappa shape index (κ1) is 18.3. The van der Waals surface area contributed by atoms with Gasteiger partial charge in [0.2, 0.25) is 5.95 Å². The summed E-state index contributed by atoms with van der Waals surface area (Å²) in [6, 6.07) is 18.7. The van der Waals surface area contributed by atoms with E-state index < -0.39 is 0 Å². The largest absolute Gasteiger partial charge is 0.372 e. The third kappa shape index (κ3) is 4.42. The van der Waals surface area contributed by atoms with Gasteiger partial charge in [0.1, 0.15) is 5.82 Å². The van der Waals surface area contributed by atoms with Crippen LogP contribution in [0.3, 0.4) is 0 Å². The van der Waals surface area contributed by atoms with E-state index in [1.165, 1.54) is 24.9 Å². The Bertz CT molecular complexity index is 930. The molecule has 1 aliphatic rings. The van der Waals surface area contributed by atoms with Gasteiger partial charge in [-0.2, -0.15) is 4.98 Å². The molecule has 3 aromatic rings. The summed E-state index contributed by atoms with van der Waals surface area (Å²) in [7, 11) is 0. The molecule has 2 heterocycles. The fraction of sp³-hybridized carbons (Fsp3) is 0.304. The van der Waals surface area contributed by atoms with Gasteiger partial charge in [-0.1, -0.05) is 18.2 Å². The molecule has 0 bridgehead atoms. The molecule has 2 aromatic carbocycles. The number of nitrogens with zero attached hydrogens (tertiary/aromatic N) is 3. The molecule has 28 heavy (non-hydrogen) atoms. The average Bonchev–Trinajstić information content (AvgIpc) is 2.71. The molecule has 1 aromatic heterocycles. The Hall–Kier alpha value is -3.08. The first-order valence-electron chi connectivity index (χ1n) is 9.98. The Morgan fingerprint density at radius 1 is 0.821 bits per heavy atom. The van der Waals surface area contributed by atoms with E-state index in [-0.39, 0.29) is 0 Å². The molecule has 0 spiro atoms. The Labute approximate surface area is 166 Å². The lowest BCUT2D eigenvalue weighted by Crippen LogP contribution is -2.29. The fourth-order valence-electron chi connectivity index (χ4n) is 3.58. The molecule has 0 amide bonds. The predicted octanol–water partition coefficient (Wildman–Crippen LogP) is 5.57. The number of para-hydroxylation sites is 1. The van der Waals surface area contributed by atoms with Crippen molar-refractivity contribution in [2.24, 2.45) is 0 Å². The Morgan fingerprint density at radius 3 is 2.32 bits per heavy atom. The highest BCUT2D eigenvalue weighted by Gasteiger charge is 2.11. The van der Waals surface area contributed by atoms with Crippen LogP contribution in [0.4, 0.5) is 28.8 Å². The first-order valence-corrected chi connectivity index (χ1v) is 9.98. The second-order valence-electron chi connectivity index (χ2n) is 7.38. The molecule has 0 saturated carbocycles. The van der Waals surface area contributed by atoms with E-state index in [9.17, 15) is 0 Å².